The molecular formula is C22H47NO4P+. The van der Waals surface area contributed by atoms with Crippen molar-refractivity contribution in [3.63, 3.8) is 0 Å². The zero-order valence-electron chi connectivity index (χ0n) is 18.9. The van der Waals surface area contributed by atoms with Gasteiger partial charge in [-0.05, 0) is 38.5 Å². The first-order valence-electron chi connectivity index (χ1n) is 11.3. The molecule has 0 heterocycles. The lowest BCUT2D eigenvalue weighted by atomic mass is 10.1. The van der Waals surface area contributed by atoms with E-state index < -0.39 is 12.9 Å². The van der Waals surface area contributed by atoms with Gasteiger partial charge in [0.2, 0.25) is 5.34 Å². The average Bonchev–Trinajstić information content (AvgIpc) is 2.56. The maximum Gasteiger partial charge on any atom is 0.362 e. The monoisotopic (exact) mass is 420 g/mol. The minimum atomic E-state index is -4.54. The summed E-state index contributed by atoms with van der Waals surface area (Å²) in [6.07, 6.45) is 20.0. The normalized spacial score (nSPS) is 15.2. The van der Waals surface area contributed by atoms with Crippen LogP contribution in [0.1, 0.15) is 96.8 Å². The van der Waals surface area contributed by atoms with Crippen molar-refractivity contribution in [3.8, 4) is 0 Å². The molecule has 0 aliphatic carbocycles. The van der Waals surface area contributed by atoms with Gasteiger partial charge in [-0.15, -0.1) is 0 Å². The highest BCUT2D eigenvalue weighted by molar-refractivity contribution is 7.53. The minimum Gasteiger partial charge on any atom is -0.373 e. The van der Waals surface area contributed by atoms with Crippen molar-refractivity contribution >= 4 is 7.60 Å². The summed E-state index contributed by atoms with van der Waals surface area (Å²) in [5.41, 5.74) is 0. The van der Waals surface area contributed by atoms with Crippen molar-refractivity contribution < 1.29 is 23.9 Å². The van der Waals surface area contributed by atoms with Crippen molar-refractivity contribution in [1.29, 1.82) is 0 Å². The lowest BCUT2D eigenvalue weighted by Crippen LogP contribution is -2.49. The summed E-state index contributed by atoms with van der Waals surface area (Å²) in [4.78, 5) is 19.1. The molecule has 0 aromatic carbocycles. The number of unbranched alkanes of at least 4 members (excludes halogenated alkanes) is 11. The van der Waals surface area contributed by atoms with Gasteiger partial charge in [0.05, 0.1) is 21.1 Å². The number of likely N-dealkylation sites (N-methyl/N-ethyl adjacent to an activating group) is 1. The fourth-order valence-corrected chi connectivity index (χ4v) is 4.61. The Hall–Kier alpha value is -0.190. The summed E-state index contributed by atoms with van der Waals surface area (Å²) in [7, 11) is 0.955. The first-order chi connectivity index (χ1) is 13.0. The van der Waals surface area contributed by atoms with Crippen LogP contribution in [0.3, 0.4) is 0 Å². The topological polar surface area (TPSA) is 77.8 Å². The first kappa shape index (κ1) is 27.8. The predicted octanol–water partition coefficient (Wildman–Crippen LogP) is 5.60. The zero-order chi connectivity index (χ0) is 21.5. The highest BCUT2D eigenvalue weighted by Gasteiger charge is 2.48. The van der Waals surface area contributed by atoms with E-state index in [1.165, 1.54) is 51.4 Å². The van der Waals surface area contributed by atoms with Crippen molar-refractivity contribution in [2.75, 3.05) is 27.7 Å². The molecule has 0 bridgehead atoms. The van der Waals surface area contributed by atoms with Gasteiger partial charge in [0.25, 0.3) is 0 Å². The van der Waals surface area contributed by atoms with Crippen LogP contribution >= 0.6 is 7.60 Å². The molecule has 0 radical (unpaired) electrons. The number of allylic oxidation sites excluding steroid dienone is 2. The zero-order valence-corrected chi connectivity index (χ0v) is 19.8. The van der Waals surface area contributed by atoms with Crippen LogP contribution in [0.5, 0.6) is 0 Å². The van der Waals surface area contributed by atoms with Crippen LogP contribution in [0, 0.1) is 0 Å². The number of hydrogen-bond donors (Lipinski definition) is 3. The van der Waals surface area contributed by atoms with E-state index in [-0.39, 0.29) is 13.0 Å². The highest BCUT2D eigenvalue weighted by Crippen LogP contribution is 2.52. The Morgan fingerprint density at radius 2 is 1.21 bits per heavy atom. The predicted molar refractivity (Wildman–Crippen MR) is 119 cm³/mol. The van der Waals surface area contributed by atoms with Crippen molar-refractivity contribution in [2.45, 2.75) is 102 Å². The molecule has 0 aromatic rings. The Kier molecular flexibility index (Phi) is 14.6. The van der Waals surface area contributed by atoms with E-state index >= 15 is 0 Å². The molecule has 0 saturated heterocycles. The Bertz CT molecular complexity index is 456. The van der Waals surface area contributed by atoms with Gasteiger partial charge in [-0.3, -0.25) is 4.57 Å². The highest BCUT2D eigenvalue weighted by atomic mass is 31.2. The van der Waals surface area contributed by atoms with Crippen molar-refractivity contribution in [2.24, 2.45) is 0 Å². The quantitative estimate of drug-likeness (QED) is 0.117. The van der Waals surface area contributed by atoms with Crippen LogP contribution in [-0.4, -0.2) is 52.4 Å². The van der Waals surface area contributed by atoms with E-state index in [0.717, 1.165) is 25.7 Å². The molecular weight excluding hydrogens is 373 g/mol. The Morgan fingerprint density at radius 3 is 1.64 bits per heavy atom. The molecule has 6 heteroatoms. The average molecular weight is 421 g/mol. The summed E-state index contributed by atoms with van der Waals surface area (Å²) in [5, 5.41) is 8.58. The maximum atomic E-state index is 11.7. The van der Waals surface area contributed by atoms with Gasteiger partial charge >= 0.3 is 7.60 Å². The maximum absolute atomic E-state index is 11.7. The van der Waals surface area contributed by atoms with Gasteiger partial charge in [-0.1, -0.05) is 70.4 Å². The van der Waals surface area contributed by atoms with E-state index in [0.29, 0.717) is 10.9 Å². The van der Waals surface area contributed by atoms with Gasteiger partial charge in [0.15, 0.2) is 0 Å². The van der Waals surface area contributed by atoms with E-state index in [4.69, 9.17) is 0 Å². The third-order valence-corrected chi connectivity index (χ3v) is 6.56. The molecule has 0 aliphatic rings. The third-order valence-electron chi connectivity index (χ3n) is 5.11. The fraction of sp³-hybridized carbons (Fsp3) is 0.909. The van der Waals surface area contributed by atoms with E-state index in [1.54, 1.807) is 0 Å². The van der Waals surface area contributed by atoms with Gasteiger partial charge < -0.3 is 19.4 Å². The number of aliphatic hydroxyl groups is 1. The van der Waals surface area contributed by atoms with E-state index in [9.17, 15) is 19.5 Å². The number of hydrogen-bond acceptors (Lipinski definition) is 2. The van der Waals surface area contributed by atoms with Crippen LogP contribution in [0.15, 0.2) is 12.2 Å². The second-order valence-electron chi connectivity index (χ2n) is 9.31. The van der Waals surface area contributed by atoms with Crippen LogP contribution in [-0.2, 0) is 4.57 Å². The number of quaternary nitrogens is 1. The summed E-state index contributed by atoms with van der Waals surface area (Å²) in [5.74, 6) is 0. The molecule has 0 rings (SSSR count). The summed E-state index contributed by atoms with van der Waals surface area (Å²) in [6.45, 7) is 2.30. The molecule has 0 aromatic heterocycles. The molecule has 0 saturated carbocycles. The second-order valence-corrected chi connectivity index (χ2v) is 11.2. The van der Waals surface area contributed by atoms with Gasteiger partial charge in [-0.2, -0.15) is 0 Å². The summed E-state index contributed by atoms with van der Waals surface area (Å²) < 4.78 is 12.1. The van der Waals surface area contributed by atoms with E-state index in [2.05, 4.69) is 19.1 Å². The number of rotatable bonds is 18. The molecule has 0 spiro atoms. The lowest BCUT2D eigenvalue weighted by Gasteiger charge is -2.35. The molecule has 5 nitrogen and oxygen atoms in total. The Morgan fingerprint density at radius 1 is 0.786 bits per heavy atom. The van der Waals surface area contributed by atoms with Crippen LogP contribution in [0.25, 0.3) is 0 Å². The molecule has 28 heavy (non-hydrogen) atoms. The Balaban J connectivity index is 3.78. The standard InChI is InChI=1S/C22H46NO4P/c1-5-6-7-8-9-10-11-12-13-14-15-16-17-18-19-20-22(24,28(25,26)27)21-23(2,3)4/h13-14,24H,5-12,15-21H2,1-4H3,(H-,25,26,27)/p+1/b14-13-. The molecule has 0 amide bonds. The molecule has 0 aliphatic heterocycles. The van der Waals surface area contributed by atoms with Crippen LogP contribution < -0.4 is 0 Å². The third kappa shape index (κ3) is 14.8. The lowest BCUT2D eigenvalue weighted by molar-refractivity contribution is -0.875. The Labute approximate surface area is 174 Å². The van der Waals surface area contributed by atoms with Crippen molar-refractivity contribution in [1.82, 2.24) is 0 Å². The first-order valence-corrected chi connectivity index (χ1v) is 12.9. The molecule has 3 N–H and O–H groups in total. The van der Waals surface area contributed by atoms with Crippen molar-refractivity contribution in [3.05, 3.63) is 12.2 Å². The second kappa shape index (κ2) is 14.7. The molecule has 168 valence electrons. The van der Waals surface area contributed by atoms with Crippen LogP contribution in [0.4, 0.5) is 0 Å². The molecule has 1 atom stereocenters. The van der Waals surface area contributed by atoms with Crippen LogP contribution in [0.2, 0.25) is 0 Å². The van der Waals surface area contributed by atoms with Gasteiger partial charge in [0.1, 0.15) is 6.54 Å². The van der Waals surface area contributed by atoms with Gasteiger partial charge in [-0.25, -0.2) is 0 Å². The number of nitrogens with zero attached hydrogens (tertiary/aromatic N) is 1. The van der Waals surface area contributed by atoms with E-state index in [1.807, 2.05) is 21.1 Å². The summed E-state index contributed by atoms with van der Waals surface area (Å²) >= 11 is 0. The fourth-order valence-electron chi connectivity index (χ4n) is 3.56. The molecule has 0 fully saturated rings. The largest absolute Gasteiger partial charge is 0.373 e. The SMILES string of the molecule is CCCCCCCCC/C=C\CCCCCCC(O)(C[N+](C)(C)C)P(=O)(O)O. The molecule has 1 unspecified atom stereocenters. The minimum absolute atomic E-state index is 0.0542. The summed E-state index contributed by atoms with van der Waals surface area (Å²) in [6, 6.07) is 0. The smallest absolute Gasteiger partial charge is 0.362 e. The van der Waals surface area contributed by atoms with Gasteiger partial charge in [0, 0.05) is 0 Å².